The number of amides is 1. The molecule has 1 amide bonds. The molecule has 1 aromatic carbocycles. The van der Waals surface area contributed by atoms with Crippen LogP contribution in [0.25, 0.3) is 5.69 Å². The van der Waals surface area contributed by atoms with Crippen molar-refractivity contribution in [3.63, 3.8) is 0 Å². The van der Waals surface area contributed by atoms with Crippen molar-refractivity contribution in [1.29, 1.82) is 0 Å². The van der Waals surface area contributed by atoms with Crippen molar-refractivity contribution >= 4 is 21.4 Å². The number of hydrogen-bond donors (Lipinski definition) is 1. The fourth-order valence-electron chi connectivity index (χ4n) is 1.78. The summed E-state index contributed by atoms with van der Waals surface area (Å²) in [6, 6.07) is 7.56. The van der Waals surface area contributed by atoms with Crippen molar-refractivity contribution in [2.45, 2.75) is 6.92 Å². The zero-order chi connectivity index (χ0) is 15.5. The Hall–Kier alpha value is -2.15. The highest BCUT2D eigenvalue weighted by Gasteiger charge is 2.15. The second kappa shape index (κ2) is 6.09. The van der Waals surface area contributed by atoms with E-state index in [1.165, 1.54) is 25.1 Å². The highest BCUT2D eigenvalue weighted by atomic mass is 32.2. The zero-order valence-corrected chi connectivity index (χ0v) is 12.2. The van der Waals surface area contributed by atoms with Crippen molar-refractivity contribution in [3.8, 4) is 5.69 Å². The third-order valence-electron chi connectivity index (χ3n) is 2.90. The molecule has 2 rings (SSSR count). The Morgan fingerprint density at radius 2 is 1.95 bits per heavy atom. The predicted molar refractivity (Wildman–Crippen MR) is 78.7 cm³/mol. The SMILES string of the molecule is CCS(=O)(=O)CC(=O)Nc1ccc(F)c(-n2cccc2)c1. The minimum absolute atomic E-state index is 0.0988. The minimum atomic E-state index is -3.39. The van der Waals surface area contributed by atoms with Crippen molar-refractivity contribution in [3.05, 3.63) is 48.5 Å². The van der Waals surface area contributed by atoms with Gasteiger partial charge < -0.3 is 9.88 Å². The number of rotatable bonds is 5. The lowest BCUT2D eigenvalue weighted by atomic mass is 10.2. The van der Waals surface area contributed by atoms with Gasteiger partial charge in [0.1, 0.15) is 11.6 Å². The highest BCUT2D eigenvalue weighted by molar-refractivity contribution is 7.92. The second-order valence-electron chi connectivity index (χ2n) is 4.48. The van der Waals surface area contributed by atoms with Crippen LogP contribution in [0.4, 0.5) is 10.1 Å². The second-order valence-corrected chi connectivity index (χ2v) is 6.83. The predicted octanol–water partition coefficient (Wildman–Crippen LogP) is 1.99. The number of halogens is 1. The van der Waals surface area contributed by atoms with Crippen molar-refractivity contribution in [2.24, 2.45) is 0 Å². The Bertz CT molecular complexity index is 740. The Morgan fingerprint density at radius 3 is 2.57 bits per heavy atom. The smallest absolute Gasteiger partial charge is 0.239 e. The molecule has 1 heterocycles. The lowest BCUT2D eigenvalue weighted by Gasteiger charge is -2.09. The average Bonchev–Trinajstić information content (AvgIpc) is 2.94. The van der Waals surface area contributed by atoms with Crippen LogP contribution >= 0.6 is 0 Å². The standard InChI is InChI=1S/C14H15FN2O3S/c1-2-21(19,20)10-14(18)16-11-5-6-12(15)13(9-11)17-7-3-4-8-17/h3-9H,2,10H2,1H3,(H,16,18). The fraction of sp³-hybridized carbons (Fsp3) is 0.214. The van der Waals surface area contributed by atoms with Crippen LogP contribution < -0.4 is 5.32 Å². The van der Waals surface area contributed by atoms with Crippen LogP contribution in [-0.2, 0) is 14.6 Å². The maximum absolute atomic E-state index is 13.8. The Labute approximate surface area is 122 Å². The first-order valence-electron chi connectivity index (χ1n) is 6.34. The first-order valence-corrected chi connectivity index (χ1v) is 8.16. The quantitative estimate of drug-likeness (QED) is 0.918. The van der Waals surface area contributed by atoms with Gasteiger partial charge in [-0.05, 0) is 30.3 Å². The molecule has 21 heavy (non-hydrogen) atoms. The normalized spacial score (nSPS) is 11.3. The maximum atomic E-state index is 13.8. The number of hydrogen-bond acceptors (Lipinski definition) is 3. The van der Waals surface area contributed by atoms with Crippen LogP contribution in [0.3, 0.4) is 0 Å². The molecule has 0 spiro atoms. The summed E-state index contributed by atoms with van der Waals surface area (Å²) >= 11 is 0. The zero-order valence-electron chi connectivity index (χ0n) is 11.4. The van der Waals surface area contributed by atoms with E-state index < -0.39 is 27.3 Å². The van der Waals surface area contributed by atoms with Crippen molar-refractivity contribution < 1.29 is 17.6 Å². The number of carbonyl (C=O) groups excluding carboxylic acids is 1. The molecule has 0 aliphatic carbocycles. The van der Waals surface area contributed by atoms with Crippen LogP contribution in [0.15, 0.2) is 42.7 Å². The molecule has 0 saturated heterocycles. The van der Waals surface area contributed by atoms with E-state index in [9.17, 15) is 17.6 Å². The van der Waals surface area contributed by atoms with E-state index in [-0.39, 0.29) is 11.4 Å². The summed E-state index contributed by atoms with van der Waals surface area (Å²) in [4.78, 5) is 11.7. The number of sulfone groups is 1. The molecule has 0 aliphatic heterocycles. The molecule has 0 atom stereocenters. The van der Waals surface area contributed by atoms with Gasteiger partial charge in [-0.1, -0.05) is 6.92 Å². The van der Waals surface area contributed by atoms with E-state index in [1.807, 2.05) is 0 Å². The third-order valence-corrected chi connectivity index (χ3v) is 4.49. The number of nitrogens with one attached hydrogen (secondary N) is 1. The Kier molecular flexibility index (Phi) is 4.42. The van der Waals surface area contributed by atoms with E-state index >= 15 is 0 Å². The molecule has 0 radical (unpaired) electrons. The average molecular weight is 310 g/mol. The van der Waals surface area contributed by atoms with Crippen LogP contribution in [0, 0.1) is 5.82 Å². The number of carbonyl (C=O) groups is 1. The van der Waals surface area contributed by atoms with Crippen molar-refractivity contribution in [1.82, 2.24) is 4.57 Å². The van der Waals surface area contributed by atoms with E-state index in [0.29, 0.717) is 5.69 Å². The molecule has 112 valence electrons. The molecule has 0 unspecified atom stereocenters. The summed E-state index contributed by atoms with van der Waals surface area (Å²) in [6.07, 6.45) is 3.34. The number of nitrogens with zero attached hydrogens (tertiary/aromatic N) is 1. The molecule has 0 aliphatic rings. The molecule has 5 nitrogen and oxygen atoms in total. The summed E-state index contributed by atoms with van der Waals surface area (Å²) < 4.78 is 38.1. The van der Waals surface area contributed by atoms with Crippen molar-refractivity contribution in [2.75, 3.05) is 16.8 Å². The molecule has 0 saturated carbocycles. The van der Waals surface area contributed by atoms with Gasteiger partial charge >= 0.3 is 0 Å². The first kappa shape index (κ1) is 15.2. The number of aromatic nitrogens is 1. The van der Waals surface area contributed by atoms with Crippen LogP contribution in [0.1, 0.15) is 6.92 Å². The first-order chi connectivity index (χ1) is 9.91. The maximum Gasteiger partial charge on any atom is 0.239 e. The van der Waals surface area contributed by atoms with Crippen LogP contribution in [0.2, 0.25) is 0 Å². The highest BCUT2D eigenvalue weighted by Crippen LogP contribution is 2.19. The van der Waals surface area contributed by atoms with Gasteiger partial charge in [0, 0.05) is 23.8 Å². The molecule has 0 bridgehead atoms. The van der Waals surface area contributed by atoms with E-state index in [1.54, 1.807) is 29.1 Å². The Balaban J connectivity index is 2.19. The van der Waals surface area contributed by atoms with Gasteiger partial charge in [-0.2, -0.15) is 0 Å². The van der Waals surface area contributed by atoms with Gasteiger partial charge in [0.05, 0.1) is 5.69 Å². The monoisotopic (exact) mass is 310 g/mol. The topological polar surface area (TPSA) is 68.2 Å². The van der Waals surface area contributed by atoms with Gasteiger partial charge in [-0.25, -0.2) is 12.8 Å². The number of benzene rings is 1. The summed E-state index contributed by atoms with van der Waals surface area (Å²) in [5, 5.41) is 2.46. The lowest BCUT2D eigenvalue weighted by Crippen LogP contribution is -2.24. The lowest BCUT2D eigenvalue weighted by molar-refractivity contribution is -0.113. The summed E-state index contributed by atoms with van der Waals surface area (Å²) in [6.45, 7) is 1.48. The molecular formula is C14H15FN2O3S. The van der Waals surface area contributed by atoms with Gasteiger partial charge in [-0.15, -0.1) is 0 Å². The minimum Gasteiger partial charge on any atom is -0.325 e. The Morgan fingerprint density at radius 1 is 1.29 bits per heavy atom. The fourth-order valence-corrected chi connectivity index (χ4v) is 2.46. The van der Waals surface area contributed by atoms with Crippen LogP contribution in [-0.4, -0.2) is 30.4 Å². The van der Waals surface area contributed by atoms with E-state index in [2.05, 4.69) is 5.32 Å². The van der Waals surface area contributed by atoms with Gasteiger partial charge in [0.15, 0.2) is 9.84 Å². The third kappa shape index (κ3) is 3.91. The van der Waals surface area contributed by atoms with Crippen LogP contribution in [0.5, 0.6) is 0 Å². The van der Waals surface area contributed by atoms with E-state index in [0.717, 1.165) is 0 Å². The molecule has 7 heteroatoms. The van der Waals surface area contributed by atoms with Gasteiger partial charge in [-0.3, -0.25) is 4.79 Å². The summed E-state index contributed by atoms with van der Waals surface area (Å²) in [5.41, 5.74) is 0.618. The van der Waals surface area contributed by atoms with E-state index in [4.69, 9.17) is 0 Å². The summed E-state index contributed by atoms with van der Waals surface area (Å²) in [5.74, 6) is -1.76. The van der Waals surface area contributed by atoms with Gasteiger partial charge in [0.25, 0.3) is 0 Å². The molecule has 0 fully saturated rings. The summed E-state index contributed by atoms with van der Waals surface area (Å²) in [7, 11) is -3.39. The molecular weight excluding hydrogens is 295 g/mol. The number of anilines is 1. The molecule has 1 N–H and O–H groups in total. The largest absolute Gasteiger partial charge is 0.325 e. The molecule has 2 aromatic rings. The molecule has 1 aromatic heterocycles. The van der Waals surface area contributed by atoms with Gasteiger partial charge in [0.2, 0.25) is 5.91 Å².